The van der Waals surface area contributed by atoms with Crippen molar-refractivity contribution in [1.29, 1.82) is 0 Å². The van der Waals surface area contributed by atoms with Crippen molar-refractivity contribution < 1.29 is 5.11 Å². The zero-order valence-corrected chi connectivity index (χ0v) is 20.2. The molecule has 0 saturated heterocycles. The van der Waals surface area contributed by atoms with Crippen LogP contribution >= 0.6 is 0 Å². The second kappa shape index (κ2) is 10.1. The van der Waals surface area contributed by atoms with E-state index in [-0.39, 0.29) is 0 Å². The molecule has 0 radical (unpaired) electrons. The zero-order valence-electron chi connectivity index (χ0n) is 20.2. The largest absolute Gasteiger partial charge is 0.507 e. The van der Waals surface area contributed by atoms with Gasteiger partial charge in [0.2, 0.25) is 5.95 Å². The molecule has 2 aliphatic carbocycles. The molecule has 0 aliphatic heterocycles. The molecule has 0 bridgehead atoms. The number of hydrogen-bond donors (Lipinski definition) is 3. The first kappa shape index (κ1) is 22.8. The van der Waals surface area contributed by atoms with E-state index in [1.54, 1.807) is 0 Å². The molecule has 2 aliphatic rings. The maximum absolute atomic E-state index is 9.95. The van der Waals surface area contributed by atoms with Crippen LogP contribution in [0.3, 0.4) is 0 Å². The molecule has 0 unspecified atom stereocenters. The van der Waals surface area contributed by atoms with Gasteiger partial charge in [-0.25, -0.2) is 4.98 Å². The number of fused-ring (bicyclic) bond motifs is 1. The highest BCUT2D eigenvalue weighted by atomic mass is 16.3. The number of hydrogen-bond acceptors (Lipinski definition) is 6. The van der Waals surface area contributed by atoms with E-state index in [1.165, 1.54) is 55.3 Å². The van der Waals surface area contributed by atoms with Gasteiger partial charge in [-0.3, -0.25) is 0 Å². The van der Waals surface area contributed by atoms with E-state index in [1.807, 2.05) is 13.8 Å². The Labute approximate surface area is 192 Å². The van der Waals surface area contributed by atoms with Crippen LogP contribution in [0, 0.1) is 19.8 Å². The van der Waals surface area contributed by atoms with Crippen molar-refractivity contribution in [1.82, 2.24) is 15.3 Å². The fraction of sp³-hybridized carbons (Fsp3) is 0.615. The lowest BCUT2D eigenvalue weighted by molar-refractivity contribution is 0.323. The number of nitrogens with zero attached hydrogens (tertiary/aromatic N) is 3. The number of aromatic hydroxyl groups is 1. The van der Waals surface area contributed by atoms with E-state index < -0.39 is 0 Å². The SMILES string of the molecule is Cc1cc(CNC[C@H]2CC[C@@H](Nc3nc4c(c(N(C)C)n3)CCCC4)CC2)cc(C)c1O. The number of benzene rings is 1. The molecule has 3 N–H and O–H groups in total. The number of aryl methyl sites for hydroxylation is 3. The Morgan fingerprint density at radius 2 is 1.69 bits per heavy atom. The number of aromatic nitrogens is 2. The molecule has 0 amide bonds. The van der Waals surface area contributed by atoms with Crippen molar-refractivity contribution >= 4 is 11.8 Å². The summed E-state index contributed by atoms with van der Waals surface area (Å²) in [4.78, 5) is 11.9. The van der Waals surface area contributed by atoms with E-state index in [2.05, 4.69) is 41.8 Å². The first-order valence-electron chi connectivity index (χ1n) is 12.2. The predicted octanol–water partition coefficient (Wildman–Crippen LogP) is 4.50. The molecule has 0 spiro atoms. The first-order chi connectivity index (χ1) is 15.4. The minimum absolute atomic E-state index is 0.417. The van der Waals surface area contributed by atoms with Crippen LogP contribution in [-0.2, 0) is 19.4 Å². The molecule has 1 heterocycles. The summed E-state index contributed by atoms with van der Waals surface area (Å²) in [6, 6.07) is 4.62. The van der Waals surface area contributed by atoms with Crippen LogP contribution in [0.2, 0.25) is 0 Å². The lowest BCUT2D eigenvalue weighted by atomic mass is 9.86. The minimum atomic E-state index is 0.417. The van der Waals surface area contributed by atoms with E-state index in [0.717, 1.165) is 48.8 Å². The minimum Gasteiger partial charge on any atom is -0.507 e. The van der Waals surface area contributed by atoms with Crippen molar-refractivity contribution in [2.45, 2.75) is 77.8 Å². The Morgan fingerprint density at radius 3 is 2.38 bits per heavy atom. The van der Waals surface area contributed by atoms with Crippen molar-refractivity contribution in [3.8, 4) is 5.75 Å². The Morgan fingerprint density at radius 1 is 1.00 bits per heavy atom. The molecule has 4 rings (SSSR count). The molecule has 1 aromatic heterocycles. The Balaban J connectivity index is 1.27. The number of rotatable bonds is 7. The molecule has 1 fully saturated rings. The molecular formula is C26H39N5O. The molecule has 0 atom stereocenters. The predicted molar refractivity (Wildman–Crippen MR) is 132 cm³/mol. The standard InChI is InChI=1S/C26H39N5O/c1-17-13-20(14-18(2)24(17)32)16-27-15-19-9-11-21(12-10-19)28-26-29-23-8-6-5-7-22(23)25(30-26)31(3)4/h13-14,19,21,27,32H,5-12,15-16H2,1-4H3,(H,28,29,30)/t19-,21+. The van der Waals surface area contributed by atoms with E-state index >= 15 is 0 Å². The Kier molecular flexibility index (Phi) is 7.19. The van der Waals surface area contributed by atoms with Crippen molar-refractivity contribution in [3.63, 3.8) is 0 Å². The van der Waals surface area contributed by atoms with Crippen LogP contribution in [-0.4, -0.2) is 41.8 Å². The second-order valence-electron chi connectivity index (χ2n) is 9.97. The summed E-state index contributed by atoms with van der Waals surface area (Å²) in [7, 11) is 4.17. The third-order valence-electron chi connectivity index (χ3n) is 7.08. The molecule has 174 valence electrons. The van der Waals surface area contributed by atoms with Crippen LogP contribution in [0.4, 0.5) is 11.8 Å². The Hall–Kier alpha value is -2.34. The molecular weight excluding hydrogens is 398 g/mol. The highest BCUT2D eigenvalue weighted by molar-refractivity contribution is 5.53. The monoisotopic (exact) mass is 437 g/mol. The van der Waals surface area contributed by atoms with Gasteiger partial charge in [-0.15, -0.1) is 0 Å². The Bertz CT molecular complexity index is 911. The lowest BCUT2D eigenvalue weighted by Crippen LogP contribution is -2.32. The summed E-state index contributed by atoms with van der Waals surface area (Å²) in [5.74, 6) is 3.04. The highest BCUT2D eigenvalue weighted by Crippen LogP contribution is 2.30. The summed E-state index contributed by atoms with van der Waals surface area (Å²) in [5, 5.41) is 17.2. The molecule has 1 aromatic carbocycles. The summed E-state index contributed by atoms with van der Waals surface area (Å²) in [6.45, 7) is 5.84. The molecule has 2 aromatic rings. The fourth-order valence-corrected chi connectivity index (χ4v) is 5.27. The van der Waals surface area contributed by atoms with Crippen molar-refractivity contribution in [2.75, 3.05) is 30.9 Å². The van der Waals surface area contributed by atoms with Crippen LogP contribution in [0.15, 0.2) is 12.1 Å². The number of phenolic OH excluding ortho intramolecular Hbond substituents is 1. The highest BCUT2D eigenvalue weighted by Gasteiger charge is 2.24. The van der Waals surface area contributed by atoms with Crippen LogP contribution in [0.5, 0.6) is 5.75 Å². The van der Waals surface area contributed by atoms with Crippen molar-refractivity contribution in [3.05, 3.63) is 40.1 Å². The van der Waals surface area contributed by atoms with Gasteiger partial charge in [-0.05, 0) is 94.4 Å². The second-order valence-corrected chi connectivity index (χ2v) is 9.97. The van der Waals surface area contributed by atoms with Gasteiger partial charge in [0.25, 0.3) is 0 Å². The maximum atomic E-state index is 9.95. The number of anilines is 2. The van der Waals surface area contributed by atoms with Crippen molar-refractivity contribution in [2.24, 2.45) is 5.92 Å². The average molecular weight is 438 g/mol. The average Bonchev–Trinajstić information content (AvgIpc) is 2.78. The number of nitrogens with one attached hydrogen (secondary N) is 2. The normalized spacial score (nSPS) is 20.6. The van der Waals surface area contributed by atoms with Crippen LogP contribution in [0.25, 0.3) is 0 Å². The van der Waals surface area contributed by atoms with Gasteiger partial charge in [-0.2, -0.15) is 4.98 Å². The summed E-state index contributed by atoms with van der Waals surface area (Å²) in [5.41, 5.74) is 5.75. The fourth-order valence-electron chi connectivity index (χ4n) is 5.27. The summed E-state index contributed by atoms with van der Waals surface area (Å²) >= 11 is 0. The zero-order chi connectivity index (χ0) is 22.7. The third-order valence-corrected chi connectivity index (χ3v) is 7.08. The van der Waals surface area contributed by atoms with Crippen LogP contribution in [0.1, 0.15) is 66.5 Å². The molecule has 6 heteroatoms. The smallest absolute Gasteiger partial charge is 0.225 e. The van der Waals surface area contributed by atoms with Gasteiger partial charge >= 0.3 is 0 Å². The van der Waals surface area contributed by atoms with Crippen LogP contribution < -0.4 is 15.5 Å². The van der Waals surface area contributed by atoms with Gasteiger partial charge in [0.1, 0.15) is 11.6 Å². The van der Waals surface area contributed by atoms with Gasteiger partial charge < -0.3 is 20.6 Å². The van der Waals surface area contributed by atoms with Gasteiger partial charge in [0.05, 0.1) is 5.69 Å². The summed E-state index contributed by atoms with van der Waals surface area (Å²) in [6.07, 6.45) is 9.44. The quantitative estimate of drug-likeness (QED) is 0.592. The third kappa shape index (κ3) is 5.34. The van der Waals surface area contributed by atoms with Gasteiger partial charge in [0.15, 0.2) is 0 Å². The lowest BCUT2D eigenvalue weighted by Gasteiger charge is -2.30. The van der Waals surface area contributed by atoms with Gasteiger partial charge in [0, 0.05) is 32.2 Å². The number of phenols is 1. The maximum Gasteiger partial charge on any atom is 0.225 e. The van der Waals surface area contributed by atoms with E-state index in [9.17, 15) is 5.11 Å². The first-order valence-corrected chi connectivity index (χ1v) is 12.2. The van der Waals surface area contributed by atoms with E-state index in [4.69, 9.17) is 9.97 Å². The molecule has 6 nitrogen and oxygen atoms in total. The molecule has 1 saturated carbocycles. The summed E-state index contributed by atoms with van der Waals surface area (Å²) < 4.78 is 0. The topological polar surface area (TPSA) is 73.3 Å². The van der Waals surface area contributed by atoms with Gasteiger partial charge in [-0.1, -0.05) is 12.1 Å². The van der Waals surface area contributed by atoms with E-state index in [0.29, 0.717) is 17.7 Å². The molecule has 32 heavy (non-hydrogen) atoms.